The van der Waals surface area contributed by atoms with Crippen molar-refractivity contribution in [2.24, 2.45) is 5.92 Å². The van der Waals surface area contributed by atoms with Crippen LogP contribution in [0.2, 0.25) is 0 Å². The van der Waals surface area contributed by atoms with Gasteiger partial charge in [-0.05, 0) is 24.3 Å². The Bertz CT molecular complexity index is 349. The van der Waals surface area contributed by atoms with Crippen molar-refractivity contribution in [3.05, 3.63) is 35.9 Å². The van der Waals surface area contributed by atoms with Crippen LogP contribution in [0.25, 0.3) is 0 Å². The molecule has 2 N–H and O–H groups in total. The maximum absolute atomic E-state index is 10.1. The van der Waals surface area contributed by atoms with Crippen molar-refractivity contribution in [3.8, 4) is 0 Å². The summed E-state index contributed by atoms with van der Waals surface area (Å²) in [6.07, 6.45) is 4.25. The average Bonchev–Trinajstić information content (AvgIpc) is 2.38. The minimum atomic E-state index is -0.177. The van der Waals surface area contributed by atoms with E-state index in [9.17, 15) is 5.11 Å². The number of rotatable bonds is 4. The summed E-state index contributed by atoms with van der Waals surface area (Å²) < 4.78 is 0. The summed E-state index contributed by atoms with van der Waals surface area (Å²) in [7, 11) is 0. The molecule has 1 aromatic rings. The number of nitrogens with one attached hydrogen (secondary N) is 1. The van der Waals surface area contributed by atoms with E-state index in [2.05, 4.69) is 49.5 Å². The van der Waals surface area contributed by atoms with Gasteiger partial charge in [0, 0.05) is 12.1 Å². The van der Waals surface area contributed by atoms with Crippen molar-refractivity contribution in [2.75, 3.05) is 0 Å². The highest BCUT2D eigenvalue weighted by Crippen LogP contribution is 2.26. The minimum absolute atomic E-state index is 0.177. The molecule has 18 heavy (non-hydrogen) atoms. The van der Waals surface area contributed by atoms with E-state index in [1.54, 1.807) is 0 Å². The summed E-state index contributed by atoms with van der Waals surface area (Å²) in [4.78, 5) is 0. The van der Waals surface area contributed by atoms with Gasteiger partial charge in [-0.2, -0.15) is 0 Å². The first kappa shape index (κ1) is 13.6. The summed E-state index contributed by atoms with van der Waals surface area (Å²) in [6.45, 7) is 4.47. The molecule has 1 aromatic carbocycles. The molecule has 1 saturated carbocycles. The zero-order valence-corrected chi connectivity index (χ0v) is 11.5. The number of hydrogen-bond donors (Lipinski definition) is 2. The molecule has 0 aliphatic heterocycles. The molecule has 1 aliphatic carbocycles. The first-order valence-corrected chi connectivity index (χ1v) is 7.17. The van der Waals surface area contributed by atoms with Gasteiger partial charge in [-0.15, -0.1) is 0 Å². The summed E-state index contributed by atoms with van der Waals surface area (Å²) in [6, 6.07) is 11.2. The molecule has 1 fully saturated rings. The van der Waals surface area contributed by atoms with E-state index in [0.29, 0.717) is 12.0 Å². The van der Waals surface area contributed by atoms with Crippen LogP contribution in [0.4, 0.5) is 0 Å². The van der Waals surface area contributed by atoms with Crippen LogP contribution in [-0.2, 0) is 0 Å². The van der Waals surface area contributed by atoms with Crippen molar-refractivity contribution in [3.63, 3.8) is 0 Å². The lowest BCUT2D eigenvalue weighted by atomic mass is 9.89. The Morgan fingerprint density at radius 3 is 2.39 bits per heavy atom. The number of hydrogen-bond acceptors (Lipinski definition) is 2. The van der Waals surface area contributed by atoms with Crippen molar-refractivity contribution in [2.45, 2.75) is 57.7 Å². The van der Waals surface area contributed by atoms with Crippen molar-refractivity contribution < 1.29 is 5.11 Å². The Morgan fingerprint density at radius 1 is 1.11 bits per heavy atom. The summed E-state index contributed by atoms with van der Waals surface area (Å²) in [5.74, 6) is 0.529. The first-order valence-electron chi connectivity index (χ1n) is 7.17. The quantitative estimate of drug-likeness (QED) is 0.856. The van der Waals surface area contributed by atoms with Gasteiger partial charge >= 0.3 is 0 Å². The molecule has 3 unspecified atom stereocenters. The van der Waals surface area contributed by atoms with Crippen LogP contribution in [0.3, 0.4) is 0 Å². The molecule has 0 bridgehead atoms. The fourth-order valence-electron chi connectivity index (χ4n) is 2.87. The Balaban J connectivity index is 2.07. The van der Waals surface area contributed by atoms with Gasteiger partial charge in [0.1, 0.15) is 0 Å². The largest absolute Gasteiger partial charge is 0.392 e. The van der Waals surface area contributed by atoms with E-state index in [0.717, 1.165) is 19.3 Å². The molecule has 0 saturated heterocycles. The van der Waals surface area contributed by atoms with Crippen LogP contribution in [0.5, 0.6) is 0 Å². The minimum Gasteiger partial charge on any atom is -0.392 e. The van der Waals surface area contributed by atoms with Gasteiger partial charge in [0.25, 0.3) is 0 Å². The van der Waals surface area contributed by atoms with E-state index >= 15 is 0 Å². The summed E-state index contributed by atoms with van der Waals surface area (Å²) >= 11 is 0. The lowest BCUT2D eigenvalue weighted by molar-refractivity contribution is 0.0810. The molecular weight excluding hydrogens is 222 g/mol. The average molecular weight is 247 g/mol. The molecule has 0 heterocycles. The number of benzene rings is 1. The van der Waals surface area contributed by atoms with Crippen LogP contribution in [-0.4, -0.2) is 17.3 Å². The summed E-state index contributed by atoms with van der Waals surface area (Å²) in [5.41, 5.74) is 1.32. The third-order valence-electron chi connectivity index (χ3n) is 3.95. The smallest absolute Gasteiger partial charge is 0.0693 e. The van der Waals surface area contributed by atoms with Crippen LogP contribution < -0.4 is 5.32 Å². The molecule has 100 valence electrons. The van der Waals surface area contributed by atoms with Gasteiger partial charge in [0.2, 0.25) is 0 Å². The van der Waals surface area contributed by atoms with Gasteiger partial charge in [0.15, 0.2) is 0 Å². The second kappa shape index (κ2) is 6.35. The van der Waals surface area contributed by atoms with Gasteiger partial charge in [-0.1, -0.05) is 57.0 Å². The van der Waals surface area contributed by atoms with Crippen LogP contribution in [0.15, 0.2) is 30.3 Å². The van der Waals surface area contributed by atoms with E-state index in [1.165, 1.54) is 12.0 Å². The maximum Gasteiger partial charge on any atom is 0.0693 e. The van der Waals surface area contributed by atoms with Crippen molar-refractivity contribution in [1.29, 1.82) is 0 Å². The standard InChI is InChI=1S/C16H25NO/c1-12(2)16(13-8-4-3-5-9-13)17-14-10-6-7-11-15(14)18/h3-5,8-9,12,14-18H,6-7,10-11H2,1-2H3. The van der Waals surface area contributed by atoms with Crippen LogP contribution in [0.1, 0.15) is 51.1 Å². The van der Waals surface area contributed by atoms with E-state index in [4.69, 9.17) is 0 Å². The fourth-order valence-corrected chi connectivity index (χ4v) is 2.87. The maximum atomic E-state index is 10.1. The molecule has 1 aliphatic rings. The van der Waals surface area contributed by atoms with Gasteiger partial charge in [0.05, 0.1) is 6.10 Å². The van der Waals surface area contributed by atoms with Crippen LogP contribution >= 0.6 is 0 Å². The zero-order chi connectivity index (χ0) is 13.0. The Hall–Kier alpha value is -0.860. The van der Waals surface area contributed by atoms with Crippen LogP contribution in [0, 0.1) is 5.92 Å². The molecule has 2 rings (SSSR count). The van der Waals surface area contributed by atoms with Crippen molar-refractivity contribution >= 4 is 0 Å². The second-order valence-corrected chi connectivity index (χ2v) is 5.76. The topological polar surface area (TPSA) is 32.3 Å². The second-order valence-electron chi connectivity index (χ2n) is 5.76. The highest BCUT2D eigenvalue weighted by Gasteiger charge is 2.27. The molecular formula is C16H25NO. The highest BCUT2D eigenvalue weighted by molar-refractivity contribution is 5.19. The van der Waals surface area contributed by atoms with Crippen molar-refractivity contribution in [1.82, 2.24) is 5.32 Å². The first-order chi connectivity index (χ1) is 8.68. The molecule has 2 nitrogen and oxygen atoms in total. The zero-order valence-electron chi connectivity index (χ0n) is 11.5. The molecule has 0 aromatic heterocycles. The molecule has 0 radical (unpaired) electrons. The predicted octanol–water partition coefficient (Wildman–Crippen LogP) is 3.28. The lowest BCUT2D eigenvalue weighted by Gasteiger charge is -2.34. The van der Waals surface area contributed by atoms with E-state index in [1.807, 2.05) is 0 Å². The van der Waals surface area contributed by atoms with E-state index in [-0.39, 0.29) is 12.1 Å². The molecule has 2 heteroatoms. The number of aliphatic hydroxyl groups excluding tert-OH is 1. The monoisotopic (exact) mass is 247 g/mol. The fraction of sp³-hybridized carbons (Fsp3) is 0.625. The third-order valence-corrected chi connectivity index (χ3v) is 3.95. The molecule has 0 amide bonds. The Morgan fingerprint density at radius 2 is 1.78 bits per heavy atom. The number of aliphatic hydroxyl groups is 1. The Labute approximate surface area is 110 Å². The third kappa shape index (κ3) is 3.33. The molecule has 0 spiro atoms. The molecule has 3 atom stereocenters. The normalized spacial score (nSPS) is 26.2. The predicted molar refractivity (Wildman–Crippen MR) is 75.4 cm³/mol. The van der Waals surface area contributed by atoms with Gasteiger partial charge < -0.3 is 10.4 Å². The summed E-state index contributed by atoms with van der Waals surface area (Å²) in [5, 5.41) is 13.8. The van der Waals surface area contributed by atoms with E-state index < -0.39 is 0 Å². The van der Waals surface area contributed by atoms with Gasteiger partial charge in [-0.3, -0.25) is 0 Å². The highest BCUT2D eigenvalue weighted by atomic mass is 16.3. The lowest BCUT2D eigenvalue weighted by Crippen LogP contribution is -2.45. The van der Waals surface area contributed by atoms with Gasteiger partial charge in [-0.25, -0.2) is 0 Å². The SMILES string of the molecule is CC(C)C(NC1CCCCC1O)c1ccccc1. The Kier molecular flexibility index (Phi) is 4.79.